The molecule has 0 aromatic heterocycles. The highest BCUT2D eigenvalue weighted by Crippen LogP contribution is 2.40. The summed E-state index contributed by atoms with van der Waals surface area (Å²) in [5.74, 6) is 0. The lowest BCUT2D eigenvalue weighted by atomic mass is 9.95. The molecule has 4 aromatic carbocycles. The second-order valence-corrected chi connectivity index (χ2v) is 14.2. The van der Waals surface area contributed by atoms with E-state index in [9.17, 15) is 4.21 Å². The molecule has 0 radical (unpaired) electrons. The normalized spacial score (nSPS) is 13.7. The number of nitrogens with zero attached hydrogens (tertiary/aromatic N) is 1. The number of benzene rings is 4. The number of hydrogen-bond donors (Lipinski definition) is 0. The van der Waals surface area contributed by atoms with Gasteiger partial charge >= 0.3 is 0 Å². The first-order chi connectivity index (χ1) is 16.8. The van der Waals surface area contributed by atoms with E-state index in [1.165, 1.54) is 32.6 Å². The van der Waals surface area contributed by atoms with E-state index < -0.39 is 18.9 Å². The van der Waals surface area contributed by atoms with Gasteiger partial charge < -0.3 is 0 Å². The summed E-state index contributed by atoms with van der Waals surface area (Å²) in [5.41, 5.74) is 3.60. The summed E-state index contributed by atoms with van der Waals surface area (Å²) in [6, 6.07) is 38.6. The van der Waals surface area contributed by atoms with E-state index in [1.807, 2.05) is 27.8 Å². The van der Waals surface area contributed by atoms with Gasteiger partial charge in [0.2, 0.25) is 0 Å². The maximum Gasteiger partial charge on any atom is 0.100 e. The van der Waals surface area contributed by atoms with Crippen LogP contribution in [0.2, 0.25) is 0 Å². The van der Waals surface area contributed by atoms with Crippen molar-refractivity contribution >= 4 is 34.8 Å². The molecular weight excluding hydrogens is 465 g/mol. The Labute approximate surface area is 214 Å². The molecule has 0 fully saturated rings. The molecule has 2 atom stereocenters. The summed E-state index contributed by atoms with van der Waals surface area (Å²) in [6.45, 7) is 8.28. The zero-order chi connectivity index (χ0) is 25.0. The first-order valence-electron chi connectivity index (χ1n) is 12.0. The average Bonchev–Trinajstić information content (AvgIpc) is 2.86. The Hall–Kier alpha value is -2.58. The monoisotopic (exact) mass is 499 g/mol. The van der Waals surface area contributed by atoms with Crippen LogP contribution in [0.25, 0.3) is 0 Å². The van der Waals surface area contributed by atoms with Gasteiger partial charge in [-0.3, -0.25) is 0 Å². The van der Waals surface area contributed by atoms with E-state index in [1.54, 1.807) is 0 Å². The van der Waals surface area contributed by atoms with Crippen LogP contribution >= 0.6 is 7.92 Å². The lowest BCUT2D eigenvalue weighted by molar-refractivity contribution is 0.440. The molecule has 35 heavy (non-hydrogen) atoms. The Bertz CT molecular complexity index is 1240. The van der Waals surface area contributed by atoms with Crippen LogP contribution in [-0.4, -0.2) is 20.3 Å². The summed E-state index contributed by atoms with van der Waals surface area (Å²) in [6.07, 6.45) is 0. The maximum absolute atomic E-state index is 13.7. The first kappa shape index (κ1) is 25.5. The van der Waals surface area contributed by atoms with Gasteiger partial charge in [0, 0.05) is 7.05 Å². The highest BCUT2D eigenvalue weighted by molar-refractivity contribution is 7.84. The zero-order valence-corrected chi connectivity index (χ0v) is 22.9. The molecule has 0 saturated carbocycles. The van der Waals surface area contributed by atoms with E-state index in [-0.39, 0.29) is 10.8 Å². The van der Waals surface area contributed by atoms with Crippen molar-refractivity contribution in [2.45, 2.75) is 38.5 Å². The van der Waals surface area contributed by atoms with E-state index in [0.717, 1.165) is 0 Å². The minimum absolute atomic E-state index is 0.134. The number of hydrogen-bond acceptors (Lipinski definition) is 1. The molecule has 0 bridgehead atoms. The van der Waals surface area contributed by atoms with Crippen LogP contribution in [0, 0.1) is 6.92 Å². The molecule has 4 rings (SSSR count). The van der Waals surface area contributed by atoms with Gasteiger partial charge in [-0.1, -0.05) is 109 Å². The molecule has 180 valence electrons. The van der Waals surface area contributed by atoms with Gasteiger partial charge in [0.05, 0.1) is 10.8 Å². The van der Waals surface area contributed by atoms with Crippen molar-refractivity contribution in [3.05, 3.63) is 126 Å². The highest BCUT2D eigenvalue weighted by atomic mass is 32.2. The van der Waals surface area contributed by atoms with Crippen molar-refractivity contribution in [2.24, 2.45) is 0 Å². The Morgan fingerprint density at radius 2 is 1.14 bits per heavy atom. The van der Waals surface area contributed by atoms with Gasteiger partial charge in [0.15, 0.2) is 0 Å². The van der Waals surface area contributed by atoms with E-state index in [0.29, 0.717) is 0 Å². The smallest absolute Gasteiger partial charge is 0.100 e. The third kappa shape index (κ3) is 5.64. The fraction of sp³-hybridized carbons (Fsp3) is 0.226. The van der Waals surface area contributed by atoms with Crippen LogP contribution in [0.4, 0.5) is 0 Å². The predicted molar refractivity (Wildman–Crippen MR) is 154 cm³/mol. The number of aryl methyl sites for hydroxylation is 1. The van der Waals surface area contributed by atoms with Crippen LogP contribution in [0.15, 0.2) is 109 Å². The molecule has 2 nitrogen and oxygen atoms in total. The SMILES string of the molecule is Cc1ccccc1[C@H](c1ccccc1P(c1ccccc1)c1ccccc1)N(C)S(=O)C(C)(C)C. The third-order valence-corrected chi connectivity index (χ3v) is 10.4. The third-order valence-electron chi connectivity index (χ3n) is 6.13. The Balaban J connectivity index is 1.97. The van der Waals surface area contributed by atoms with Crippen LogP contribution < -0.4 is 15.9 Å². The summed E-state index contributed by atoms with van der Waals surface area (Å²) in [4.78, 5) is 0. The average molecular weight is 500 g/mol. The quantitative estimate of drug-likeness (QED) is 0.276. The number of rotatable bonds is 7. The van der Waals surface area contributed by atoms with Crippen LogP contribution in [0.3, 0.4) is 0 Å². The van der Waals surface area contributed by atoms with E-state index >= 15 is 0 Å². The molecule has 0 spiro atoms. The molecule has 4 heteroatoms. The van der Waals surface area contributed by atoms with Gasteiger partial charge in [0.25, 0.3) is 0 Å². The highest BCUT2D eigenvalue weighted by Gasteiger charge is 2.33. The van der Waals surface area contributed by atoms with Gasteiger partial charge in [-0.2, -0.15) is 0 Å². The van der Waals surface area contributed by atoms with E-state index in [2.05, 4.69) is 120 Å². The van der Waals surface area contributed by atoms with Crippen molar-refractivity contribution in [3.63, 3.8) is 0 Å². The van der Waals surface area contributed by atoms with Crippen LogP contribution in [-0.2, 0) is 11.0 Å². The molecule has 0 aliphatic carbocycles. The molecule has 0 aliphatic rings. The van der Waals surface area contributed by atoms with Crippen molar-refractivity contribution in [3.8, 4) is 0 Å². The van der Waals surface area contributed by atoms with Crippen LogP contribution in [0.5, 0.6) is 0 Å². The largest absolute Gasteiger partial charge is 0.242 e. The van der Waals surface area contributed by atoms with Gasteiger partial charge in [-0.25, -0.2) is 8.51 Å². The molecule has 4 aromatic rings. The minimum Gasteiger partial charge on any atom is -0.242 e. The van der Waals surface area contributed by atoms with Crippen molar-refractivity contribution in [1.29, 1.82) is 0 Å². The molecule has 1 unspecified atom stereocenters. The van der Waals surface area contributed by atoms with Crippen molar-refractivity contribution in [2.75, 3.05) is 7.05 Å². The Morgan fingerprint density at radius 3 is 1.66 bits per heavy atom. The summed E-state index contributed by atoms with van der Waals surface area (Å²) in [7, 11) is 0.0142. The summed E-state index contributed by atoms with van der Waals surface area (Å²) >= 11 is 0. The fourth-order valence-electron chi connectivity index (χ4n) is 4.48. The van der Waals surface area contributed by atoms with Crippen molar-refractivity contribution < 1.29 is 4.21 Å². The second-order valence-electron chi connectivity index (χ2n) is 9.73. The Kier molecular flexibility index (Phi) is 8.02. The lowest BCUT2D eigenvalue weighted by Crippen LogP contribution is -2.39. The maximum atomic E-state index is 13.7. The second kappa shape index (κ2) is 11.0. The molecule has 0 aliphatic heterocycles. The van der Waals surface area contributed by atoms with Gasteiger partial charge in [0.1, 0.15) is 11.0 Å². The standard InChI is InChI=1S/C31H34NOPS/c1-24-16-12-13-21-27(24)30(32(5)35(33)31(2,3)4)28-22-14-15-23-29(28)34(25-17-8-6-9-18-25)26-19-10-7-11-20-26/h6-23,30H,1-5H3/t30-,35?/m1/s1. The van der Waals surface area contributed by atoms with Crippen LogP contribution in [0.1, 0.15) is 43.5 Å². The molecule has 0 saturated heterocycles. The van der Waals surface area contributed by atoms with Gasteiger partial charge in [-0.15, -0.1) is 0 Å². The lowest BCUT2D eigenvalue weighted by Gasteiger charge is -2.35. The Morgan fingerprint density at radius 1 is 0.686 bits per heavy atom. The predicted octanol–water partition coefficient (Wildman–Crippen LogP) is 6.24. The fourth-order valence-corrected chi connectivity index (χ4v) is 8.25. The molecule has 0 heterocycles. The van der Waals surface area contributed by atoms with Gasteiger partial charge in [-0.05, 0) is 68.2 Å². The summed E-state index contributed by atoms with van der Waals surface area (Å²) in [5, 5.41) is 3.92. The van der Waals surface area contributed by atoms with Crippen molar-refractivity contribution in [1.82, 2.24) is 4.31 Å². The minimum atomic E-state index is -1.19. The van der Waals surface area contributed by atoms with E-state index in [4.69, 9.17) is 0 Å². The molecule has 0 amide bonds. The topological polar surface area (TPSA) is 20.3 Å². The first-order valence-corrected chi connectivity index (χ1v) is 14.4. The summed E-state index contributed by atoms with van der Waals surface area (Å²) < 4.78 is 15.4. The molecule has 0 N–H and O–H groups in total. The molecular formula is C31H34NOPS. The zero-order valence-electron chi connectivity index (χ0n) is 21.2.